The van der Waals surface area contributed by atoms with E-state index in [0.29, 0.717) is 6.54 Å². The number of hydrogen-bond acceptors (Lipinski definition) is 3. The van der Waals surface area contributed by atoms with E-state index in [1.54, 1.807) is 12.1 Å². The van der Waals surface area contributed by atoms with Gasteiger partial charge in [0.1, 0.15) is 5.82 Å². The van der Waals surface area contributed by atoms with Crippen LogP contribution in [0.4, 0.5) is 4.39 Å². The Bertz CT molecular complexity index is 464. The Morgan fingerprint density at radius 1 is 1.38 bits per heavy atom. The second-order valence-corrected chi connectivity index (χ2v) is 5.18. The van der Waals surface area contributed by atoms with Crippen molar-refractivity contribution in [3.63, 3.8) is 0 Å². The number of nitrogens with zero attached hydrogens (tertiary/aromatic N) is 1. The average Bonchev–Trinajstić information content (AvgIpc) is 2.47. The van der Waals surface area contributed by atoms with E-state index in [-0.39, 0.29) is 23.9 Å². The highest BCUT2D eigenvalue weighted by Gasteiger charge is 2.12. The van der Waals surface area contributed by atoms with Gasteiger partial charge in [-0.1, -0.05) is 11.6 Å². The normalized spacial score (nSPS) is 15.3. The van der Waals surface area contributed by atoms with Gasteiger partial charge in [0.05, 0.1) is 5.56 Å². The van der Waals surface area contributed by atoms with Crippen LogP contribution in [0.25, 0.3) is 0 Å². The number of nitrogens with one attached hydrogen (secondary N) is 2. The minimum absolute atomic E-state index is 0. The summed E-state index contributed by atoms with van der Waals surface area (Å²) in [4.78, 5) is 14.3. The van der Waals surface area contributed by atoms with Gasteiger partial charge in [0.2, 0.25) is 0 Å². The van der Waals surface area contributed by atoms with Crippen molar-refractivity contribution in [2.24, 2.45) is 0 Å². The Hall–Kier alpha value is -1.17. The smallest absolute Gasteiger partial charge is 0.254 e. The number of rotatable bonds is 5. The molecule has 1 aromatic carbocycles. The molecule has 0 aliphatic carbocycles. The Kier molecular flexibility index (Phi) is 7.64. The molecule has 0 spiro atoms. The maximum atomic E-state index is 13.5. The molecule has 21 heavy (non-hydrogen) atoms. The Morgan fingerprint density at radius 2 is 2.10 bits per heavy atom. The van der Waals surface area contributed by atoms with Crippen LogP contribution in [-0.2, 0) is 0 Å². The quantitative estimate of drug-likeness (QED) is 0.811. The number of amides is 1. The fourth-order valence-electron chi connectivity index (χ4n) is 2.35. The number of carbonyl (C=O) groups is 1. The molecule has 4 nitrogen and oxygen atoms in total. The number of halogens is 2. The maximum Gasteiger partial charge on any atom is 0.254 e. The molecule has 1 saturated heterocycles. The van der Waals surface area contributed by atoms with Crippen LogP contribution in [0.3, 0.4) is 0 Å². The summed E-state index contributed by atoms with van der Waals surface area (Å²) in [5.74, 6) is -0.790. The van der Waals surface area contributed by atoms with Crippen LogP contribution in [0.15, 0.2) is 18.2 Å². The molecule has 1 aliphatic heterocycles. The number of piperazine rings is 1. The van der Waals surface area contributed by atoms with E-state index in [0.717, 1.165) is 44.7 Å². The summed E-state index contributed by atoms with van der Waals surface area (Å²) in [5, 5.41) is 6.09. The summed E-state index contributed by atoms with van der Waals surface area (Å²) in [5.41, 5.74) is 1.02. The molecule has 1 heterocycles. The summed E-state index contributed by atoms with van der Waals surface area (Å²) >= 11 is 0. The standard InChI is InChI=1S/C15H22FN3O.ClH/c1-12-3-4-14(16)13(11-12)15(20)18-5-2-8-19-9-6-17-7-10-19;/h3-4,11,17H,2,5-10H2,1H3,(H,18,20);1H. The van der Waals surface area contributed by atoms with Crippen LogP contribution in [0.5, 0.6) is 0 Å². The fourth-order valence-corrected chi connectivity index (χ4v) is 2.35. The topological polar surface area (TPSA) is 44.4 Å². The lowest BCUT2D eigenvalue weighted by molar-refractivity contribution is 0.0947. The number of hydrogen-bond donors (Lipinski definition) is 2. The van der Waals surface area contributed by atoms with Crippen molar-refractivity contribution in [3.05, 3.63) is 35.1 Å². The Balaban J connectivity index is 0.00000220. The van der Waals surface area contributed by atoms with Crippen LogP contribution < -0.4 is 10.6 Å². The predicted octanol–water partition coefficient (Wildman–Crippen LogP) is 1.58. The summed E-state index contributed by atoms with van der Waals surface area (Å²) in [6, 6.07) is 4.59. The van der Waals surface area contributed by atoms with Crippen molar-refractivity contribution >= 4 is 18.3 Å². The number of carbonyl (C=O) groups excluding carboxylic acids is 1. The monoisotopic (exact) mass is 315 g/mol. The van der Waals surface area contributed by atoms with E-state index >= 15 is 0 Å². The Morgan fingerprint density at radius 3 is 2.81 bits per heavy atom. The number of benzene rings is 1. The van der Waals surface area contributed by atoms with Crippen LogP contribution >= 0.6 is 12.4 Å². The largest absolute Gasteiger partial charge is 0.352 e. The van der Waals surface area contributed by atoms with E-state index in [4.69, 9.17) is 0 Å². The SMILES string of the molecule is Cc1ccc(F)c(C(=O)NCCCN2CCNCC2)c1.Cl. The highest BCUT2D eigenvalue weighted by atomic mass is 35.5. The zero-order chi connectivity index (χ0) is 14.4. The second-order valence-electron chi connectivity index (χ2n) is 5.18. The van der Waals surface area contributed by atoms with Crippen molar-refractivity contribution in [1.29, 1.82) is 0 Å². The van der Waals surface area contributed by atoms with Crippen LogP contribution in [-0.4, -0.2) is 50.1 Å². The van der Waals surface area contributed by atoms with Gasteiger partial charge in [0.15, 0.2) is 0 Å². The molecule has 0 unspecified atom stereocenters. The molecule has 0 radical (unpaired) electrons. The minimum atomic E-state index is -0.463. The first kappa shape index (κ1) is 17.9. The first-order valence-corrected chi connectivity index (χ1v) is 7.14. The number of aryl methyl sites for hydroxylation is 1. The van der Waals surface area contributed by atoms with Gasteiger partial charge >= 0.3 is 0 Å². The summed E-state index contributed by atoms with van der Waals surface area (Å²) in [7, 11) is 0. The summed E-state index contributed by atoms with van der Waals surface area (Å²) in [6.45, 7) is 7.57. The third-order valence-electron chi connectivity index (χ3n) is 3.51. The van der Waals surface area contributed by atoms with E-state index in [1.165, 1.54) is 6.07 Å². The predicted molar refractivity (Wildman–Crippen MR) is 84.6 cm³/mol. The lowest BCUT2D eigenvalue weighted by Gasteiger charge is -2.27. The fraction of sp³-hybridized carbons (Fsp3) is 0.533. The van der Waals surface area contributed by atoms with E-state index in [9.17, 15) is 9.18 Å². The first-order valence-electron chi connectivity index (χ1n) is 7.14. The van der Waals surface area contributed by atoms with Crippen molar-refractivity contribution < 1.29 is 9.18 Å². The summed E-state index contributed by atoms with van der Waals surface area (Å²) in [6.07, 6.45) is 0.888. The van der Waals surface area contributed by atoms with E-state index in [2.05, 4.69) is 15.5 Å². The van der Waals surface area contributed by atoms with Crippen LogP contribution in [0, 0.1) is 12.7 Å². The molecule has 2 N–H and O–H groups in total. The van der Waals surface area contributed by atoms with Crippen LogP contribution in [0.2, 0.25) is 0 Å². The molecular formula is C15H23ClFN3O. The van der Waals surface area contributed by atoms with Gasteiger partial charge in [0, 0.05) is 32.7 Å². The van der Waals surface area contributed by atoms with E-state index < -0.39 is 5.82 Å². The minimum Gasteiger partial charge on any atom is -0.352 e. The average molecular weight is 316 g/mol. The van der Waals surface area contributed by atoms with Gasteiger partial charge in [-0.05, 0) is 32.0 Å². The molecular weight excluding hydrogens is 293 g/mol. The van der Waals surface area contributed by atoms with Crippen molar-refractivity contribution in [1.82, 2.24) is 15.5 Å². The third-order valence-corrected chi connectivity index (χ3v) is 3.51. The van der Waals surface area contributed by atoms with Gasteiger partial charge in [-0.25, -0.2) is 4.39 Å². The zero-order valence-corrected chi connectivity index (χ0v) is 13.1. The molecule has 0 atom stereocenters. The zero-order valence-electron chi connectivity index (χ0n) is 12.3. The van der Waals surface area contributed by atoms with Crippen molar-refractivity contribution in [2.75, 3.05) is 39.3 Å². The molecule has 1 aliphatic rings. The third kappa shape index (κ3) is 5.61. The maximum absolute atomic E-state index is 13.5. The molecule has 0 saturated carbocycles. The summed E-state index contributed by atoms with van der Waals surface area (Å²) < 4.78 is 13.5. The molecule has 2 rings (SSSR count). The molecule has 6 heteroatoms. The van der Waals surface area contributed by atoms with Gasteiger partial charge < -0.3 is 15.5 Å². The molecule has 1 fully saturated rings. The highest BCUT2D eigenvalue weighted by molar-refractivity contribution is 5.94. The van der Waals surface area contributed by atoms with Gasteiger partial charge in [-0.15, -0.1) is 12.4 Å². The van der Waals surface area contributed by atoms with Crippen molar-refractivity contribution in [2.45, 2.75) is 13.3 Å². The van der Waals surface area contributed by atoms with Gasteiger partial charge in [0.25, 0.3) is 5.91 Å². The van der Waals surface area contributed by atoms with Gasteiger partial charge in [-0.3, -0.25) is 4.79 Å². The Labute approximate surface area is 131 Å². The van der Waals surface area contributed by atoms with E-state index in [1.807, 2.05) is 6.92 Å². The molecule has 1 amide bonds. The molecule has 1 aromatic rings. The lowest BCUT2D eigenvalue weighted by Crippen LogP contribution is -2.44. The lowest BCUT2D eigenvalue weighted by atomic mass is 10.1. The molecule has 0 bridgehead atoms. The van der Waals surface area contributed by atoms with Crippen LogP contribution in [0.1, 0.15) is 22.3 Å². The molecule has 0 aromatic heterocycles. The first-order chi connectivity index (χ1) is 9.66. The highest BCUT2D eigenvalue weighted by Crippen LogP contribution is 2.09. The van der Waals surface area contributed by atoms with Gasteiger partial charge in [-0.2, -0.15) is 0 Å². The van der Waals surface area contributed by atoms with Crippen molar-refractivity contribution in [3.8, 4) is 0 Å². The second kappa shape index (κ2) is 8.97. The molecule has 118 valence electrons.